The van der Waals surface area contributed by atoms with Crippen molar-refractivity contribution in [2.45, 2.75) is 0 Å². The van der Waals surface area contributed by atoms with E-state index in [0.717, 1.165) is 22.4 Å². The quantitative estimate of drug-likeness (QED) is 0.682. The van der Waals surface area contributed by atoms with Gasteiger partial charge in [0.1, 0.15) is 0 Å². The third-order valence-electron chi connectivity index (χ3n) is 2.72. The predicted octanol–water partition coefficient (Wildman–Crippen LogP) is 3.21. The maximum Gasteiger partial charge on any atom is 0.0796 e. The van der Waals surface area contributed by atoms with E-state index in [1.807, 2.05) is 48.8 Å². The summed E-state index contributed by atoms with van der Waals surface area (Å²) in [5, 5.41) is 0. The Labute approximate surface area is 105 Å². The monoisotopic (exact) mass is 233 g/mol. The summed E-state index contributed by atoms with van der Waals surface area (Å²) in [6, 6.07) is 11.9. The molecule has 0 spiro atoms. The van der Waals surface area contributed by atoms with E-state index in [2.05, 4.69) is 15.0 Å². The molecule has 0 atom stereocenters. The molecular formula is C15H11N3. The van der Waals surface area contributed by atoms with Crippen LogP contribution >= 0.6 is 0 Å². The lowest BCUT2D eigenvalue weighted by Gasteiger charge is -2.07. The minimum absolute atomic E-state index is 0.929. The second kappa shape index (κ2) is 4.75. The predicted molar refractivity (Wildman–Crippen MR) is 70.7 cm³/mol. The van der Waals surface area contributed by atoms with Crippen molar-refractivity contribution in [2.75, 3.05) is 0 Å². The molecule has 0 aromatic carbocycles. The summed E-state index contributed by atoms with van der Waals surface area (Å²) in [6.45, 7) is 0. The minimum atomic E-state index is 0.929. The smallest absolute Gasteiger partial charge is 0.0796 e. The SMILES string of the molecule is c1cncc(-c2cccnc2-c2cccnc2)c1. The van der Waals surface area contributed by atoms with Gasteiger partial charge in [-0.1, -0.05) is 12.1 Å². The van der Waals surface area contributed by atoms with Crippen LogP contribution in [0.2, 0.25) is 0 Å². The minimum Gasteiger partial charge on any atom is -0.264 e. The van der Waals surface area contributed by atoms with Crippen LogP contribution in [0.5, 0.6) is 0 Å². The molecule has 0 amide bonds. The maximum atomic E-state index is 4.46. The highest BCUT2D eigenvalue weighted by Gasteiger charge is 2.07. The van der Waals surface area contributed by atoms with Crippen LogP contribution in [0.15, 0.2) is 67.4 Å². The molecule has 86 valence electrons. The molecule has 3 nitrogen and oxygen atoms in total. The number of aromatic nitrogens is 3. The largest absolute Gasteiger partial charge is 0.264 e. The van der Waals surface area contributed by atoms with E-state index in [4.69, 9.17) is 0 Å². The molecule has 3 aromatic heterocycles. The molecule has 0 fully saturated rings. The lowest BCUT2D eigenvalue weighted by Crippen LogP contribution is -1.89. The lowest BCUT2D eigenvalue weighted by molar-refractivity contribution is 1.27. The topological polar surface area (TPSA) is 38.7 Å². The van der Waals surface area contributed by atoms with Gasteiger partial charge in [0.25, 0.3) is 0 Å². The highest BCUT2D eigenvalue weighted by atomic mass is 14.7. The van der Waals surface area contributed by atoms with Crippen molar-refractivity contribution >= 4 is 0 Å². The molecule has 0 bridgehead atoms. The van der Waals surface area contributed by atoms with Gasteiger partial charge in [-0.05, 0) is 24.3 Å². The third kappa shape index (κ3) is 1.98. The maximum absolute atomic E-state index is 4.46. The van der Waals surface area contributed by atoms with Crippen LogP contribution in [0, 0.1) is 0 Å². The van der Waals surface area contributed by atoms with Crippen molar-refractivity contribution in [1.82, 2.24) is 15.0 Å². The summed E-state index contributed by atoms with van der Waals surface area (Å²) in [5.74, 6) is 0. The zero-order chi connectivity index (χ0) is 12.2. The molecule has 3 rings (SSSR count). The van der Waals surface area contributed by atoms with E-state index in [1.54, 1.807) is 18.6 Å². The second-order valence-electron chi connectivity index (χ2n) is 3.88. The zero-order valence-electron chi connectivity index (χ0n) is 9.69. The molecule has 0 aliphatic rings. The summed E-state index contributed by atoms with van der Waals surface area (Å²) in [6.07, 6.45) is 8.99. The van der Waals surface area contributed by atoms with Gasteiger partial charge in [0, 0.05) is 47.7 Å². The summed E-state index contributed by atoms with van der Waals surface area (Å²) in [4.78, 5) is 12.8. The van der Waals surface area contributed by atoms with E-state index in [-0.39, 0.29) is 0 Å². The normalized spacial score (nSPS) is 10.2. The first-order valence-electron chi connectivity index (χ1n) is 5.71. The molecule has 18 heavy (non-hydrogen) atoms. The summed E-state index contributed by atoms with van der Waals surface area (Å²) in [7, 11) is 0. The van der Waals surface area contributed by atoms with Crippen LogP contribution in [0.1, 0.15) is 0 Å². The fraction of sp³-hybridized carbons (Fsp3) is 0. The van der Waals surface area contributed by atoms with Crippen LogP contribution in [0.3, 0.4) is 0 Å². The van der Waals surface area contributed by atoms with Gasteiger partial charge in [0.15, 0.2) is 0 Å². The molecule has 3 aromatic rings. The fourth-order valence-electron chi connectivity index (χ4n) is 1.89. The Morgan fingerprint density at radius 1 is 0.667 bits per heavy atom. The third-order valence-corrected chi connectivity index (χ3v) is 2.72. The summed E-state index contributed by atoms with van der Waals surface area (Å²) >= 11 is 0. The van der Waals surface area contributed by atoms with Crippen LogP contribution in [0.25, 0.3) is 22.4 Å². The Bertz CT molecular complexity index is 578. The molecule has 3 heterocycles. The first kappa shape index (κ1) is 10.6. The van der Waals surface area contributed by atoms with E-state index < -0.39 is 0 Å². The molecule has 0 N–H and O–H groups in total. The van der Waals surface area contributed by atoms with Gasteiger partial charge >= 0.3 is 0 Å². The lowest BCUT2D eigenvalue weighted by atomic mass is 10.0. The fourth-order valence-corrected chi connectivity index (χ4v) is 1.89. The molecule has 0 radical (unpaired) electrons. The van der Waals surface area contributed by atoms with Gasteiger partial charge in [0.05, 0.1) is 5.69 Å². The number of rotatable bonds is 2. The molecule has 0 unspecified atom stereocenters. The molecule has 0 saturated carbocycles. The van der Waals surface area contributed by atoms with Crippen molar-refractivity contribution in [3.63, 3.8) is 0 Å². The van der Waals surface area contributed by atoms with Gasteiger partial charge in [-0.25, -0.2) is 0 Å². The average molecular weight is 233 g/mol. The van der Waals surface area contributed by atoms with Crippen molar-refractivity contribution in [1.29, 1.82) is 0 Å². The van der Waals surface area contributed by atoms with Crippen LogP contribution in [-0.4, -0.2) is 15.0 Å². The van der Waals surface area contributed by atoms with Crippen LogP contribution < -0.4 is 0 Å². The number of hydrogen-bond acceptors (Lipinski definition) is 3. The highest BCUT2D eigenvalue weighted by Crippen LogP contribution is 2.28. The van der Waals surface area contributed by atoms with Crippen molar-refractivity contribution in [3.05, 3.63) is 67.4 Å². The molecule has 0 aliphatic heterocycles. The van der Waals surface area contributed by atoms with Gasteiger partial charge in [0.2, 0.25) is 0 Å². The molecule has 0 saturated heterocycles. The first-order chi connectivity index (χ1) is 8.95. The summed E-state index contributed by atoms with van der Waals surface area (Å²) < 4.78 is 0. The van der Waals surface area contributed by atoms with Crippen molar-refractivity contribution in [2.24, 2.45) is 0 Å². The Morgan fingerprint density at radius 3 is 2.00 bits per heavy atom. The Hall–Kier alpha value is -2.55. The van der Waals surface area contributed by atoms with Crippen LogP contribution in [0.4, 0.5) is 0 Å². The standard InChI is InChI=1S/C15H11N3/c1-4-12(10-16-7-1)14-6-3-9-18-15(14)13-5-2-8-17-11-13/h1-11H. The second-order valence-corrected chi connectivity index (χ2v) is 3.88. The highest BCUT2D eigenvalue weighted by molar-refractivity contribution is 5.79. The Morgan fingerprint density at radius 2 is 1.33 bits per heavy atom. The van der Waals surface area contributed by atoms with Gasteiger partial charge in [-0.2, -0.15) is 0 Å². The van der Waals surface area contributed by atoms with Crippen LogP contribution in [-0.2, 0) is 0 Å². The number of pyridine rings is 3. The Balaban J connectivity index is 2.18. The van der Waals surface area contributed by atoms with Crippen molar-refractivity contribution < 1.29 is 0 Å². The first-order valence-corrected chi connectivity index (χ1v) is 5.71. The Kier molecular flexibility index (Phi) is 2.80. The van der Waals surface area contributed by atoms with E-state index in [1.165, 1.54) is 0 Å². The molecule has 3 heteroatoms. The molecule has 0 aliphatic carbocycles. The zero-order valence-corrected chi connectivity index (χ0v) is 9.69. The van der Waals surface area contributed by atoms with E-state index >= 15 is 0 Å². The van der Waals surface area contributed by atoms with Gasteiger partial charge in [-0.15, -0.1) is 0 Å². The van der Waals surface area contributed by atoms with Crippen molar-refractivity contribution in [3.8, 4) is 22.4 Å². The number of nitrogens with zero attached hydrogens (tertiary/aromatic N) is 3. The van der Waals surface area contributed by atoms with E-state index in [0.29, 0.717) is 0 Å². The van der Waals surface area contributed by atoms with Gasteiger partial charge in [-0.3, -0.25) is 15.0 Å². The average Bonchev–Trinajstić information content (AvgIpc) is 2.49. The molecular weight excluding hydrogens is 222 g/mol. The van der Waals surface area contributed by atoms with Gasteiger partial charge < -0.3 is 0 Å². The summed E-state index contributed by atoms with van der Waals surface area (Å²) in [5.41, 5.74) is 4.07. The number of hydrogen-bond donors (Lipinski definition) is 0. The van der Waals surface area contributed by atoms with E-state index in [9.17, 15) is 0 Å².